The summed E-state index contributed by atoms with van der Waals surface area (Å²) in [6, 6.07) is 0. The molecule has 0 saturated heterocycles. The first kappa shape index (κ1) is 29.5. The van der Waals surface area contributed by atoms with Gasteiger partial charge in [0.05, 0.1) is 0 Å². The van der Waals surface area contributed by atoms with Gasteiger partial charge in [-0.25, -0.2) is 0 Å². The Hall–Kier alpha value is 0.457. The number of hydrogen-bond donors (Lipinski definition) is 0. The molecule has 0 bridgehead atoms. The molecule has 2 aliphatic rings. The summed E-state index contributed by atoms with van der Waals surface area (Å²) in [5, 5.41) is 0.467. The molecule has 0 radical (unpaired) electrons. The summed E-state index contributed by atoms with van der Waals surface area (Å²) in [4.78, 5) is 0. The molecule has 0 aromatic heterocycles. The zero-order chi connectivity index (χ0) is 20.7. The summed E-state index contributed by atoms with van der Waals surface area (Å²) in [5.41, 5.74) is 0. The van der Waals surface area contributed by atoms with E-state index in [0.717, 1.165) is 12.8 Å². The molecule has 0 heterocycles. The fraction of sp³-hybridized carbons (Fsp3) is 0.636. The topological polar surface area (TPSA) is 18.5 Å². The van der Waals surface area contributed by atoms with Crippen LogP contribution in [0, 0.1) is 0 Å². The normalized spacial score (nSPS) is 17.3. The Morgan fingerprint density at radius 3 is 1.28 bits per heavy atom. The van der Waals surface area contributed by atoms with Crippen molar-refractivity contribution >= 4 is 41.4 Å². The van der Waals surface area contributed by atoms with E-state index < -0.39 is 39.9 Å². The van der Waals surface area contributed by atoms with Gasteiger partial charge in [0.15, 0.2) is 0 Å². The van der Waals surface area contributed by atoms with Gasteiger partial charge in [-0.2, -0.15) is 0 Å². The largest absolute Gasteiger partial charge is 0.147 e. The van der Waals surface area contributed by atoms with E-state index in [0.29, 0.717) is 0 Å². The summed E-state index contributed by atoms with van der Waals surface area (Å²) in [6.07, 6.45) is 11.2. The van der Waals surface area contributed by atoms with Crippen LogP contribution in [0.4, 0.5) is 0 Å². The van der Waals surface area contributed by atoms with E-state index in [4.69, 9.17) is 8.85 Å². The van der Waals surface area contributed by atoms with Crippen LogP contribution >= 0.6 is 24.8 Å². The van der Waals surface area contributed by atoms with Gasteiger partial charge in [-0.3, -0.25) is 0 Å². The van der Waals surface area contributed by atoms with Crippen LogP contribution in [0.2, 0.25) is 36.3 Å². The molecule has 0 N–H and O–H groups in total. The van der Waals surface area contributed by atoms with Crippen LogP contribution < -0.4 is 0 Å². The van der Waals surface area contributed by atoms with Gasteiger partial charge in [0.1, 0.15) is 0 Å². The fourth-order valence-electron chi connectivity index (χ4n) is 2.42. The van der Waals surface area contributed by atoms with Crippen molar-refractivity contribution in [2.75, 3.05) is 0 Å². The van der Waals surface area contributed by atoms with Gasteiger partial charge in [0.25, 0.3) is 0 Å². The Labute approximate surface area is 205 Å². The summed E-state index contributed by atoms with van der Waals surface area (Å²) >= 11 is -0.862. The van der Waals surface area contributed by atoms with Crippen LogP contribution in [0.15, 0.2) is 42.4 Å². The smallest absolute Gasteiger partial charge is 0.147 e. The number of halogens is 2. The minimum atomic E-state index is -1.79. The maximum atomic E-state index is 6.68. The minimum Gasteiger partial charge on any atom is -0.147 e. The zero-order valence-electron chi connectivity index (χ0n) is 19.9. The van der Waals surface area contributed by atoms with Crippen LogP contribution in [0.1, 0.15) is 54.4 Å². The van der Waals surface area contributed by atoms with Gasteiger partial charge < -0.3 is 0 Å². The standard InChI is InChI=1S/2C11H19OSi.2ClH.Zr/c2*1-11(2,3)13(4,5)12-10-8-6-7-9-10;;;/h2*6,8H,7H2,1-5H3;2*1H;. The van der Waals surface area contributed by atoms with Crippen molar-refractivity contribution in [3.8, 4) is 0 Å². The first-order valence-corrected chi connectivity index (χ1v) is 18.4. The maximum absolute atomic E-state index is 6.68. The van der Waals surface area contributed by atoms with Crippen molar-refractivity contribution in [2.45, 2.75) is 90.6 Å². The molecule has 2 rings (SSSR count). The number of rotatable bonds is 6. The van der Waals surface area contributed by atoms with E-state index in [-0.39, 0.29) is 34.9 Å². The molecule has 29 heavy (non-hydrogen) atoms. The van der Waals surface area contributed by atoms with E-state index in [1.165, 1.54) is 11.5 Å². The second kappa shape index (κ2) is 10.4. The van der Waals surface area contributed by atoms with Gasteiger partial charge in [0.2, 0.25) is 0 Å². The van der Waals surface area contributed by atoms with Gasteiger partial charge >= 0.3 is 182 Å². The summed E-state index contributed by atoms with van der Waals surface area (Å²) < 4.78 is 16.5. The van der Waals surface area contributed by atoms with Crippen molar-refractivity contribution in [3.05, 3.63) is 42.4 Å². The molecule has 0 aromatic carbocycles. The van der Waals surface area contributed by atoms with Gasteiger partial charge in [-0.15, -0.1) is 24.8 Å². The van der Waals surface area contributed by atoms with E-state index in [1.807, 2.05) is 0 Å². The van der Waals surface area contributed by atoms with Gasteiger partial charge in [0, 0.05) is 0 Å². The molecular weight excluding hydrogens is 515 g/mol. The van der Waals surface area contributed by atoms with E-state index in [9.17, 15) is 0 Å². The van der Waals surface area contributed by atoms with Crippen LogP contribution in [-0.4, -0.2) is 16.6 Å². The molecule has 0 unspecified atom stereocenters. The fourth-order valence-corrected chi connectivity index (χ4v) is 8.26. The third-order valence-electron chi connectivity index (χ3n) is 6.42. The molecule has 0 fully saturated rings. The minimum absolute atomic E-state index is 0. The van der Waals surface area contributed by atoms with Crippen molar-refractivity contribution in [1.29, 1.82) is 0 Å². The second-order valence-electron chi connectivity index (χ2n) is 10.7. The SMILES string of the molecule is CC(C)(C)[Si](C)(C)OC1=[C]([Zr][C]2=C(O[Si](C)(C)C(C)(C)C)C=CC2)CC=C1.Cl.Cl. The van der Waals surface area contributed by atoms with Crippen molar-refractivity contribution in [2.24, 2.45) is 0 Å². The zero-order valence-corrected chi connectivity index (χ0v) is 25.9. The van der Waals surface area contributed by atoms with Crippen LogP contribution in [-0.2, 0) is 32.1 Å². The summed E-state index contributed by atoms with van der Waals surface area (Å²) in [6.45, 7) is 23.3. The molecule has 0 spiro atoms. The first-order valence-electron chi connectivity index (χ1n) is 10.1. The molecule has 0 aromatic rings. The molecule has 0 aliphatic heterocycles. The van der Waals surface area contributed by atoms with Crippen molar-refractivity contribution in [3.63, 3.8) is 0 Å². The Kier molecular flexibility index (Phi) is 10.5. The van der Waals surface area contributed by atoms with Gasteiger partial charge in [-0.1, -0.05) is 0 Å². The average Bonchev–Trinajstić information content (AvgIpc) is 3.07. The average molecular weight is 555 g/mol. The van der Waals surface area contributed by atoms with Gasteiger partial charge in [-0.05, 0) is 0 Å². The molecule has 2 aliphatic carbocycles. The Morgan fingerprint density at radius 1 is 0.690 bits per heavy atom. The Bertz CT molecular complexity index is 649. The molecule has 2 nitrogen and oxygen atoms in total. The molecule has 7 heteroatoms. The van der Waals surface area contributed by atoms with E-state index in [1.54, 1.807) is 6.56 Å². The van der Waals surface area contributed by atoms with E-state index in [2.05, 4.69) is 92.0 Å². The first-order chi connectivity index (χ1) is 12.1. The monoisotopic (exact) mass is 552 g/mol. The molecular formula is C22H40Cl2O2Si2Zr. The molecule has 0 amide bonds. The number of allylic oxidation sites excluding steroid dienone is 6. The predicted octanol–water partition coefficient (Wildman–Crippen LogP) is 8.30. The molecule has 166 valence electrons. The van der Waals surface area contributed by atoms with E-state index >= 15 is 0 Å². The van der Waals surface area contributed by atoms with Crippen LogP contribution in [0.5, 0.6) is 0 Å². The predicted molar refractivity (Wildman–Crippen MR) is 133 cm³/mol. The second-order valence-corrected chi connectivity index (χ2v) is 23.8. The van der Waals surface area contributed by atoms with Crippen LogP contribution in [0.25, 0.3) is 0 Å². The third kappa shape index (κ3) is 7.24. The summed E-state index contributed by atoms with van der Waals surface area (Å²) in [7, 11) is -3.57. The van der Waals surface area contributed by atoms with Crippen molar-refractivity contribution < 1.29 is 32.1 Å². The Morgan fingerprint density at radius 2 is 1.00 bits per heavy atom. The quantitative estimate of drug-likeness (QED) is 0.308. The third-order valence-corrected chi connectivity index (χ3v) is 18.8. The molecule has 0 atom stereocenters. The maximum Gasteiger partial charge on any atom is -0.147 e. The Balaban J connectivity index is 0.00000392. The summed E-state index contributed by atoms with van der Waals surface area (Å²) in [5.74, 6) is 2.39. The van der Waals surface area contributed by atoms with Crippen LogP contribution in [0.3, 0.4) is 0 Å². The van der Waals surface area contributed by atoms with Crippen molar-refractivity contribution in [1.82, 2.24) is 0 Å². The number of hydrogen-bond acceptors (Lipinski definition) is 2. The molecule has 0 saturated carbocycles.